The molecule has 0 radical (unpaired) electrons. The summed E-state index contributed by atoms with van der Waals surface area (Å²) in [5.41, 5.74) is 2.11. The smallest absolute Gasteiger partial charge is 0.229 e. The van der Waals surface area contributed by atoms with Gasteiger partial charge in [-0.3, -0.25) is 4.79 Å². The summed E-state index contributed by atoms with van der Waals surface area (Å²) in [4.78, 5) is 17.0. The van der Waals surface area contributed by atoms with Gasteiger partial charge in [0.15, 0.2) is 0 Å². The predicted octanol–water partition coefficient (Wildman–Crippen LogP) is 2.73. The number of carbonyl (C=O) groups is 1. The first-order chi connectivity index (χ1) is 12.2. The lowest BCUT2D eigenvalue weighted by Crippen LogP contribution is -2.51. The molecule has 4 nitrogen and oxygen atoms in total. The number of hydrogen-bond acceptors (Lipinski definition) is 3. The molecule has 25 heavy (non-hydrogen) atoms. The van der Waals surface area contributed by atoms with Crippen molar-refractivity contribution in [3.8, 4) is 5.75 Å². The summed E-state index contributed by atoms with van der Waals surface area (Å²) >= 11 is 0. The van der Waals surface area contributed by atoms with Crippen LogP contribution in [0.25, 0.3) is 0 Å². The molecule has 2 aromatic rings. The molecule has 1 atom stereocenters. The summed E-state index contributed by atoms with van der Waals surface area (Å²) in [6, 6.07) is 14.5. The Labute approximate surface area is 146 Å². The number of anilines is 1. The topological polar surface area (TPSA) is 32.8 Å². The second kappa shape index (κ2) is 6.75. The highest BCUT2D eigenvalue weighted by Crippen LogP contribution is 2.28. The van der Waals surface area contributed by atoms with Crippen molar-refractivity contribution in [1.29, 1.82) is 0 Å². The molecule has 1 amide bonds. The quantitative estimate of drug-likeness (QED) is 0.843. The first-order valence-corrected chi connectivity index (χ1v) is 8.71. The lowest BCUT2D eigenvalue weighted by molar-refractivity contribution is -0.137. The van der Waals surface area contributed by atoms with E-state index in [9.17, 15) is 9.18 Å². The van der Waals surface area contributed by atoms with Crippen LogP contribution in [-0.4, -0.2) is 43.6 Å². The van der Waals surface area contributed by atoms with Crippen molar-refractivity contribution < 1.29 is 13.9 Å². The zero-order chi connectivity index (χ0) is 17.2. The molecule has 0 bridgehead atoms. The van der Waals surface area contributed by atoms with E-state index in [2.05, 4.69) is 4.90 Å². The maximum Gasteiger partial charge on any atom is 0.229 e. The minimum Gasteiger partial charge on any atom is -0.492 e. The molecule has 2 aromatic carbocycles. The van der Waals surface area contributed by atoms with E-state index >= 15 is 0 Å². The minimum absolute atomic E-state index is 0.104. The Bertz CT molecular complexity index is 755. The average molecular weight is 340 g/mol. The number of hydrogen-bond donors (Lipinski definition) is 0. The second-order valence-electron chi connectivity index (χ2n) is 6.61. The number of nitrogens with zero attached hydrogens (tertiary/aromatic N) is 2. The van der Waals surface area contributed by atoms with Crippen LogP contribution in [-0.2, 0) is 11.2 Å². The molecule has 5 heteroatoms. The van der Waals surface area contributed by atoms with Gasteiger partial charge in [0, 0.05) is 31.9 Å². The van der Waals surface area contributed by atoms with Gasteiger partial charge in [0.05, 0.1) is 5.92 Å². The van der Waals surface area contributed by atoms with Crippen molar-refractivity contribution in [3.63, 3.8) is 0 Å². The first kappa shape index (κ1) is 15.9. The maximum atomic E-state index is 13.0. The third kappa shape index (κ3) is 3.31. The molecule has 0 aromatic heterocycles. The molecule has 0 spiro atoms. The highest BCUT2D eigenvalue weighted by Gasteiger charge is 2.31. The molecule has 0 aliphatic carbocycles. The van der Waals surface area contributed by atoms with Gasteiger partial charge in [0.25, 0.3) is 0 Å². The number of carbonyl (C=O) groups excluding carboxylic acids is 1. The Morgan fingerprint density at radius 3 is 2.48 bits per heavy atom. The standard InChI is InChI=1S/C20H21FN2O2/c21-17-5-7-18(8-6-17)22-9-11-23(12-10-22)20(24)16-13-15-3-1-2-4-19(15)25-14-16/h1-8,16H,9-14H2/t16-/m1/s1. The number of fused-ring (bicyclic) bond motifs is 1. The number of para-hydroxylation sites is 1. The van der Waals surface area contributed by atoms with Crippen molar-refractivity contribution >= 4 is 11.6 Å². The van der Waals surface area contributed by atoms with E-state index in [4.69, 9.17) is 4.74 Å². The van der Waals surface area contributed by atoms with Crippen molar-refractivity contribution in [2.24, 2.45) is 5.92 Å². The zero-order valence-corrected chi connectivity index (χ0v) is 14.0. The molecule has 0 N–H and O–H groups in total. The molecule has 1 saturated heterocycles. The van der Waals surface area contributed by atoms with E-state index in [1.54, 1.807) is 12.1 Å². The SMILES string of the molecule is O=C([C@H]1COc2ccccc2C1)N1CCN(c2ccc(F)cc2)CC1. The number of rotatable bonds is 2. The summed E-state index contributed by atoms with van der Waals surface area (Å²) in [6.45, 7) is 3.36. The van der Waals surface area contributed by atoms with Crippen molar-refractivity contribution in [2.75, 3.05) is 37.7 Å². The van der Waals surface area contributed by atoms with Crippen molar-refractivity contribution in [3.05, 3.63) is 59.9 Å². The number of ether oxygens (including phenoxy) is 1. The molecule has 2 heterocycles. The summed E-state index contributed by atoms with van der Waals surface area (Å²) in [5, 5.41) is 0. The fourth-order valence-electron chi connectivity index (χ4n) is 3.58. The summed E-state index contributed by atoms with van der Waals surface area (Å²) in [6.07, 6.45) is 0.743. The van der Waals surface area contributed by atoms with Crippen molar-refractivity contribution in [1.82, 2.24) is 4.90 Å². The number of piperazine rings is 1. The van der Waals surface area contributed by atoms with Gasteiger partial charge < -0.3 is 14.5 Å². The minimum atomic E-state index is -0.227. The largest absolute Gasteiger partial charge is 0.492 e. The Morgan fingerprint density at radius 2 is 1.72 bits per heavy atom. The highest BCUT2D eigenvalue weighted by atomic mass is 19.1. The van der Waals surface area contributed by atoms with Crippen LogP contribution in [0.2, 0.25) is 0 Å². The lowest BCUT2D eigenvalue weighted by atomic mass is 9.95. The monoisotopic (exact) mass is 340 g/mol. The normalized spacial score (nSPS) is 20.0. The highest BCUT2D eigenvalue weighted by molar-refractivity contribution is 5.80. The van der Waals surface area contributed by atoms with Crippen LogP contribution in [0, 0.1) is 11.7 Å². The number of benzene rings is 2. The molecule has 130 valence electrons. The Kier molecular flexibility index (Phi) is 4.30. The molecule has 2 aliphatic heterocycles. The second-order valence-corrected chi connectivity index (χ2v) is 6.61. The molecule has 4 rings (SSSR count). The van der Waals surface area contributed by atoms with E-state index in [-0.39, 0.29) is 17.6 Å². The van der Waals surface area contributed by atoms with E-state index in [0.717, 1.165) is 36.5 Å². The molecule has 0 saturated carbocycles. The molecule has 1 fully saturated rings. The Hall–Kier alpha value is -2.56. The average Bonchev–Trinajstić information content (AvgIpc) is 2.68. The number of halogens is 1. The van der Waals surface area contributed by atoms with Gasteiger partial charge in [-0.05, 0) is 42.3 Å². The van der Waals surface area contributed by atoms with Gasteiger partial charge in [-0.2, -0.15) is 0 Å². The van der Waals surface area contributed by atoms with Gasteiger partial charge >= 0.3 is 0 Å². The van der Waals surface area contributed by atoms with E-state index in [1.807, 2.05) is 29.2 Å². The van der Waals surface area contributed by atoms with Crippen LogP contribution in [0.15, 0.2) is 48.5 Å². The summed E-state index contributed by atoms with van der Waals surface area (Å²) in [7, 11) is 0. The van der Waals surface area contributed by atoms with Crippen LogP contribution >= 0.6 is 0 Å². The molecular formula is C20H21FN2O2. The van der Waals surface area contributed by atoms with Crippen LogP contribution < -0.4 is 9.64 Å². The third-order valence-electron chi connectivity index (χ3n) is 5.01. The third-order valence-corrected chi connectivity index (χ3v) is 5.01. The van der Waals surface area contributed by atoms with E-state index < -0.39 is 0 Å². The van der Waals surface area contributed by atoms with Gasteiger partial charge in [-0.25, -0.2) is 4.39 Å². The molecule has 0 unspecified atom stereocenters. The van der Waals surface area contributed by atoms with E-state index in [0.29, 0.717) is 19.7 Å². The lowest BCUT2D eigenvalue weighted by Gasteiger charge is -2.38. The fourth-order valence-corrected chi connectivity index (χ4v) is 3.58. The van der Waals surface area contributed by atoms with Gasteiger partial charge in [0.2, 0.25) is 5.91 Å². The number of amides is 1. The van der Waals surface area contributed by atoms with Gasteiger partial charge in [-0.15, -0.1) is 0 Å². The maximum absolute atomic E-state index is 13.0. The molecule has 2 aliphatic rings. The Balaban J connectivity index is 1.36. The van der Waals surface area contributed by atoms with Gasteiger partial charge in [-0.1, -0.05) is 18.2 Å². The zero-order valence-electron chi connectivity index (χ0n) is 14.0. The van der Waals surface area contributed by atoms with Crippen LogP contribution in [0.5, 0.6) is 5.75 Å². The first-order valence-electron chi connectivity index (χ1n) is 8.71. The van der Waals surface area contributed by atoms with Crippen molar-refractivity contribution in [2.45, 2.75) is 6.42 Å². The van der Waals surface area contributed by atoms with E-state index in [1.165, 1.54) is 12.1 Å². The van der Waals surface area contributed by atoms with Crippen LogP contribution in [0.3, 0.4) is 0 Å². The summed E-state index contributed by atoms with van der Waals surface area (Å²) in [5.74, 6) is 0.739. The van der Waals surface area contributed by atoms with Crippen LogP contribution in [0.4, 0.5) is 10.1 Å². The molecular weight excluding hydrogens is 319 g/mol. The summed E-state index contributed by atoms with van der Waals surface area (Å²) < 4.78 is 18.8. The van der Waals surface area contributed by atoms with Gasteiger partial charge in [0.1, 0.15) is 18.2 Å². The fraction of sp³-hybridized carbons (Fsp3) is 0.350. The van der Waals surface area contributed by atoms with Crippen LogP contribution in [0.1, 0.15) is 5.56 Å². The predicted molar refractivity (Wildman–Crippen MR) is 94.3 cm³/mol. The Morgan fingerprint density at radius 1 is 1.00 bits per heavy atom.